The second-order valence-electron chi connectivity index (χ2n) is 7.40. The Bertz CT molecular complexity index is 1190. The van der Waals surface area contributed by atoms with Crippen molar-refractivity contribution in [3.8, 4) is 0 Å². The number of hydrogen-bond donors (Lipinski definition) is 2. The van der Waals surface area contributed by atoms with Gasteiger partial charge in [-0.2, -0.15) is 0 Å². The molecule has 0 aliphatic carbocycles. The molecule has 156 valence electrons. The third kappa shape index (κ3) is 4.64. The van der Waals surface area contributed by atoms with E-state index in [2.05, 4.69) is 34.4 Å². The van der Waals surface area contributed by atoms with Crippen LogP contribution in [0.3, 0.4) is 0 Å². The number of aryl methyl sites for hydroxylation is 2. The summed E-state index contributed by atoms with van der Waals surface area (Å²) in [6.45, 7) is 6.19. The molecule has 5 nitrogen and oxygen atoms in total. The predicted molar refractivity (Wildman–Crippen MR) is 127 cm³/mol. The van der Waals surface area contributed by atoms with Crippen LogP contribution < -0.4 is 10.6 Å². The molecule has 1 unspecified atom stereocenters. The molecule has 0 radical (unpaired) electrons. The van der Waals surface area contributed by atoms with E-state index in [9.17, 15) is 4.79 Å². The summed E-state index contributed by atoms with van der Waals surface area (Å²) in [6.07, 6.45) is 3.57. The van der Waals surface area contributed by atoms with Crippen molar-refractivity contribution in [3.05, 3.63) is 106 Å². The lowest BCUT2D eigenvalue weighted by molar-refractivity contribution is 0.102. The Morgan fingerprint density at radius 3 is 2.42 bits per heavy atom. The van der Waals surface area contributed by atoms with Gasteiger partial charge in [0.2, 0.25) is 0 Å². The van der Waals surface area contributed by atoms with Crippen LogP contribution in [0.15, 0.2) is 73.1 Å². The van der Waals surface area contributed by atoms with E-state index < -0.39 is 0 Å². The highest BCUT2D eigenvalue weighted by molar-refractivity contribution is 7.16. The number of pyridine rings is 2. The third-order valence-corrected chi connectivity index (χ3v) is 6.31. The summed E-state index contributed by atoms with van der Waals surface area (Å²) >= 11 is 1.58. The van der Waals surface area contributed by atoms with Crippen LogP contribution >= 0.6 is 11.3 Å². The van der Waals surface area contributed by atoms with Crippen LogP contribution in [0.25, 0.3) is 0 Å². The van der Waals surface area contributed by atoms with Gasteiger partial charge in [-0.15, -0.1) is 11.3 Å². The largest absolute Gasteiger partial charge is 0.357 e. The van der Waals surface area contributed by atoms with Crippen LogP contribution in [0.1, 0.15) is 43.7 Å². The zero-order chi connectivity index (χ0) is 21.8. The maximum absolute atomic E-state index is 12.9. The molecular weight excluding hydrogens is 404 g/mol. The van der Waals surface area contributed by atoms with E-state index in [1.54, 1.807) is 23.7 Å². The van der Waals surface area contributed by atoms with Gasteiger partial charge < -0.3 is 10.6 Å². The predicted octanol–water partition coefficient (Wildman–Crippen LogP) is 5.92. The summed E-state index contributed by atoms with van der Waals surface area (Å²) in [5.74, 6) is 0.635. The summed E-state index contributed by atoms with van der Waals surface area (Å²) in [5.41, 5.74) is 4.74. The van der Waals surface area contributed by atoms with Gasteiger partial charge in [0.25, 0.3) is 5.91 Å². The number of nitrogens with one attached hydrogen (secondary N) is 2. The Morgan fingerprint density at radius 1 is 0.935 bits per heavy atom. The molecule has 0 saturated heterocycles. The second-order valence-corrected chi connectivity index (χ2v) is 8.62. The van der Waals surface area contributed by atoms with Gasteiger partial charge in [0, 0.05) is 28.4 Å². The number of amides is 1. The normalized spacial score (nSPS) is 11.7. The average Bonchev–Trinajstić information content (AvgIpc) is 3.06. The Balaban J connectivity index is 1.76. The Kier molecular flexibility index (Phi) is 6.09. The van der Waals surface area contributed by atoms with Crippen LogP contribution in [-0.4, -0.2) is 15.9 Å². The molecule has 3 heterocycles. The van der Waals surface area contributed by atoms with Gasteiger partial charge in [-0.05, 0) is 68.3 Å². The monoisotopic (exact) mass is 428 g/mol. The van der Waals surface area contributed by atoms with Crippen molar-refractivity contribution in [2.45, 2.75) is 26.8 Å². The highest BCUT2D eigenvalue weighted by Gasteiger charge is 2.26. The fourth-order valence-electron chi connectivity index (χ4n) is 3.45. The van der Waals surface area contributed by atoms with E-state index in [0.717, 1.165) is 38.1 Å². The zero-order valence-corrected chi connectivity index (χ0v) is 18.5. The van der Waals surface area contributed by atoms with Gasteiger partial charge in [-0.3, -0.25) is 9.78 Å². The Hall–Kier alpha value is -3.51. The van der Waals surface area contributed by atoms with Gasteiger partial charge in [0.05, 0.1) is 11.7 Å². The first-order valence-corrected chi connectivity index (χ1v) is 10.9. The summed E-state index contributed by atoms with van der Waals surface area (Å²) in [5, 5.41) is 7.49. The number of anilines is 2. The summed E-state index contributed by atoms with van der Waals surface area (Å²) in [6, 6.07) is 18.8. The van der Waals surface area contributed by atoms with Crippen molar-refractivity contribution in [2.24, 2.45) is 0 Å². The molecule has 4 rings (SSSR count). The number of aromatic nitrogens is 2. The fraction of sp³-hybridized carbons (Fsp3) is 0.160. The molecule has 6 heteroatoms. The van der Waals surface area contributed by atoms with E-state index in [0.29, 0.717) is 5.56 Å². The average molecular weight is 429 g/mol. The smallest absolute Gasteiger partial charge is 0.256 e. The lowest BCUT2D eigenvalue weighted by atomic mass is 10.00. The van der Waals surface area contributed by atoms with E-state index >= 15 is 0 Å². The van der Waals surface area contributed by atoms with E-state index in [1.165, 1.54) is 0 Å². The van der Waals surface area contributed by atoms with E-state index in [-0.39, 0.29) is 11.9 Å². The quantitative estimate of drug-likeness (QED) is 0.400. The lowest BCUT2D eigenvalue weighted by Gasteiger charge is -2.21. The van der Waals surface area contributed by atoms with Crippen molar-refractivity contribution in [1.29, 1.82) is 0 Å². The highest BCUT2D eigenvalue weighted by atomic mass is 32.1. The molecule has 2 N–H and O–H groups in total. The van der Waals surface area contributed by atoms with Crippen LogP contribution in [0.2, 0.25) is 0 Å². The molecule has 0 aliphatic heterocycles. The lowest BCUT2D eigenvalue weighted by Crippen LogP contribution is -2.18. The van der Waals surface area contributed by atoms with E-state index in [1.807, 2.05) is 67.6 Å². The molecule has 0 fully saturated rings. The highest BCUT2D eigenvalue weighted by Crippen LogP contribution is 2.40. The van der Waals surface area contributed by atoms with Gasteiger partial charge in [-0.25, -0.2) is 4.98 Å². The molecule has 0 bridgehead atoms. The number of benzene rings is 1. The molecular formula is C25H24N4OS. The van der Waals surface area contributed by atoms with Crippen LogP contribution in [0.5, 0.6) is 0 Å². The first kappa shape index (κ1) is 20.8. The summed E-state index contributed by atoms with van der Waals surface area (Å²) < 4.78 is 0. The van der Waals surface area contributed by atoms with E-state index in [4.69, 9.17) is 0 Å². The summed E-state index contributed by atoms with van der Waals surface area (Å²) in [4.78, 5) is 23.1. The van der Waals surface area contributed by atoms with Crippen molar-refractivity contribution < 1.29 is 4.79 Å². The molecule has 0 saturated carbocycles. The molecule has 4 aromatic rings. The fourth-order valence-corrected chi connectivity index (χ4v) is 4.55. The molecule has 3 aromatic heterocycles. The maximum atomic E-state index is 12.9. The SMILES string of the molecule is Cc1ccnc(NC(c2ccccn2)c2c(NC(=O)c3ccccc3)sc(C)c2C)c1. The minimum absolute atomic E-state index is 0.128. The topological polar surface area (TPSA) is 66.9 Å². The third-order valence-electron chi connectivity index (χ3n) is 5.17. The number of carbonyl (C=O) groups is 1. The Labute approximate surface area is 186 Å². The maximum Gasteiger partial charge on any atom is 0.256 e. The molecule has 1 atom stereocenters. The zero-order valence-electron chi connectivity index (χ0n) is 17.7. The van der Waals surface area contributed by atoms with Crippen LogP contribution in [0, 0.1) is 20.8 Å². The number of rotatable bonds is 6. The molecule has 0 spiro atoms. The van der Waals surface area contributed by atoms with Gasteiger partial charge >= 0.3 is 0 Å². The molecule has 31 heavy (non-hydrogen) atoms. The second kappa shape index (κ2) is 9.10. The van der Waals surface area contributed by atoms with Gasteiger partial charge in [0.15, 0.2) is 0 Å². The van der Waals surface area contributed by atoms with Crippen molar-refractivity contribution >= 4 is 28.1 Å². The molecule has 1 aromatic carbocycles. The van der Waals surface area contributed by atoms with Gasteiger partial charge in [0.1, 0.15) is 10.8 Å². The minimum atomic E-state index is -0.258. The Morgan fingerprint density at radius 2 is 1.71 bits per heavy atom. The van der Waals surface area contributed by atoms with Crippen molar-refractivity contribution in [1.82, 2.24) is 9.97 Å². The van der Waals surface area contributed by atoms with Crippen LogP contribution in [-0.2, 0) is 0 Å². The number of thiophene rings is 1. The number of nitrogens with zero attached hydrogens (tertiary/aromatic N) is 2. The van der Waals surface area contributed by atoms with Crippen molar-refractivity contribution in [3.63, 3.8) is 0 Å². The van der Waals surface area contributed by atoms with Gasteiger partial charge in [-0.1, -0.05) is 24.3 Å². The van der Waals surface area contributed by atoms with Crippen LogP contribution in [0.4, 0.5) is 10.8 Å². The first-order valence-electron chi connectivity index (χ1n) is 10.1. The molecule has 1 amide bonds. The van der Waals surface area contributed by atoms with Crippen molar-refractivity contribution in [2.75, 3.05) is 10.6 Å². The summed E-state index contributed by atoms with van der Waals surface area (Å²) in [7, 11) is 0. The molecule has 0 aliphatic rings. The minimum Gasteiger partial charge on any atom is -0.357 e. The first-order chi connectivity index (χ1) is 15.0. The number of hydrogen-bond acceptors (Lipinski definition) is 5. The standard InChI is InChI=1S/C25H24N4OS/c1-16-12-14-27-21(15-16)28-23(20-11-7-8-13-26-20)22-17(2)18(3)31-25(22)29-24(30)19-9-5-4-6-10-19/h4-15,23H,1-3H3,(H,27,28)(H,29,30). The number of carbonyl (C=O) groups excluding carboxylic acids is 1.